The molecule has 6 nitrogen and oxygen atoms in total. The van der Waals surface area contributed by atoms with Crippen LogP contribution in [0.2, 0.25) is 0 Å². The number of aromatic nitrogens is 2. The van der Waals surface area contributed by atoms with Crippen molar-refractivity contribution in [2.24, 2.45) is 0 Å². The van der Waals surface area contributed by atoms with Gasteiger partial charge in [-0.3, -0.25) is 4.79 Å². The van der Waals surface area contributed by atoms with Crippen LogP contribution in [-0.2, 0) is 4.74 Å². The fourth-order valence-electron chi connectivity index (χ4n) is 1.87. The van der Waals surface area contributed by atoms with Gasteiger partial charge in [0.1, 0.15) is 0 Å². The number of anilines is 2. The van der Waals surface area contributed by atoms with Crippen molar-refractivity contribution < 1.29 is 9.53 Å². The van der Waals surface area contributed by atoms with Gasteiger partial charge in [0.15, 0.2) is 0 Å². The summed E-state index contributed by atoms with van der Waals surface area (Å²) in [6.45, 7) is 3.39. The molecule has 122 valence electrons. The Bertz CT molecular complexity index is 662. The highest BCUT2D eigenvalue weighted by atomic mass is 79.9. The molecule has 7 heteroatoms. The van der Waals surface area contributed by atoms with Gasteiger partial charge in [-0.15, -0.1) is 0 Å². The van der Waals surface area contributed by atoms with Gasteiger partial charge < -0.3 is 15.4 Å². The van der Waals surface area contributed by atoms with Gasteiger partial charge in [-0.1, -0.05) is 6.07 Å². The van der Waals surface area contributed by atoms with E-state index in [4.69, 9.17) is 4.74 Å². The van der Waals surface area contributed by atoms with Crippen LogP contribution in [0.4, 0.5) is 11.6 Å². The van der Waals surface area contributed by atoms with Crippen molar-refractivity contribution in [1.29, 1.82) is 0 Å². The summed E-state index contributed by atoms with van der Waals surface area (Å²) in [4.78, 5) is 20.5. The molecule has 0 saturated heterocycles. The number of halogens is 1. The largest absolute Gasteiger partial charge is 0.385 e. The summed E-state index contributed by atoms with van der Waals surface area (Å²) in [5.74, 6) is 0.245. The van der Waals surface area contributed by atoms with E-state index in [2.05, 4.69) is 36.5 Å². The second-order valence-corrected chi connectivity index (χ2v) is 5.86. The highest BCUT2D eigenvalue weighted by Gasteiger charge is 2.09. The minimum atomic E-state index is -0.250. The Kier molecular flexibility index (Phi) is 6.49. The van der Waals surface area contributed by atoms with Crippen LogP contribution in [0.25, 0.3) is 0 Å². The number of hydrogen-bond donors (Lipinski definition) is 2. The SMILES string of the molecule is COCCCNc1ncc(C(=O)Nc2ccc(C)cc2Br)cn1. The fourth-order valence-corrected chi connectivity index (χ4v) is 2.46. The lowest BCUT2D eigenvalue weighted by Crippen LogP contribution is -2.14. The van der Waals surface area contributed by atoms with Crippen molar-refractivity contribution in [3.05, 3.63) is 46.2 Å². The number of ether oxygens (including phenoxy) is 1. The Morgan fingerprint density at radius 3 is 2.70 bits per heavy atom. The van der Waals surface area contributed by atoms with Gasteiger partial charge in [-0.05, 0) is 47.0 Å². The lowest BCUT2D eigenvalue weighted by Gasteiger charge is -2.08. The maximum Gasteiger partial charge on any atom is 0.258 e. The van der Waals surface area contributed by atoms with E-state index in [1.54, 1.807) is 7.11 Å². The summed E-state index contributed by atoms with van der Waals surface area (Å²) in [6.07, 6.45) is 3.87. The van der Waals surface area contributed by atoms with Crippen LogP contribution in [0.3, 0.4) is 0 Å². The number of hydrogen-bond acceptors (Lipinski definition) is 5. The molecule has 2 aromatic rings. The van der Waals surface area contributed by atoms with E-state index in [1.807, 2.05) is 25.1 Å². The lowest BCUT2D eigenvalue weighted by molar-refractivity contribution is 0.102. The van der Waals surface area contributed by atoms with Crippen LogP contribution < -0.4 is 10.6 Å². The van der Waals surface area contributed by atoms with Crippen LogP contribution >= 0.6 is 15.9 Å². The fraction of sp³-hybridized carbons (Fsp3) is 0.312. The monoisotopic (exact) mass is 378 g/mol. The minimum Gasteiger partial charge on any atom is -0.385 e. The van der Waals surface area contributed by atoms with E-state index in [1.165, 1.54) is 12.4 Å². The summed E-state index contributed by atoms with van der Waals surface area (Å²) in [5.41, 5.74) is 2.23. The second-order valence-electron chi connectivity index (χ2n) is 5.01. The van der Waals surface area contributed by atoms with Gasteiger partial charge in [0.2, 0.25) is 5.95 Å². The standard InChI is InChI=1S/C16H19BrN4O2/c1-11-4-5-14(13(17)8-11)21-15(22)12-9-19-16(20-10-12)18-6-3-7-23-2/h4-5,8-10H,3,6-7H2,1-2H3,(H,21,22)(H,18,19,20). The van der Waals surface area contributed by atoms with Gasteiger partial charge in [0.05, 0.1) is 11.3 Å². The van der Waals surface area contributed by atoms with Crippen LogP contribution in [0.1, 0.15) is 22.3 Å². The summed E-state index contributed by atoms with van der Waals surface area (Å²) in [5, 5.41) is 5.90. The zero-order chi connectivity index (χ0) is 16.7. The van der Waals surface area contributed by atoms with Gasteiger partial charge in [-0.2, -0.15) is 0 Å². The van der Waals surface area contributed by atoms with Crippen molar-refractivity contribution in [3.63, 3.8) is 0 Å². The molecular weight excluding hydrogens is 360 g/mol. The molecule has 0 radical (unpaired) electrons. The van der Waals surface area contributed by atoms with E-state index >= 15 is 0 Å². The molecule has 1 heterocycles. The second kappa shape index (κ2) is 8.59. The zero-order valence-corrected chi connectivity index (χ0v) is 14.7. The van der Waals surface area contributed by atoms with Crippen molar-refractivity contribution in [1.82, 2.24) is 9.97 Å². The Balaban J connectivity index is 1.94. The maximum absolute atomic E-state index is 12.2. The molecular formula is C16H19BrN4O2. The molecule has 0 fully saturated rings. The van der Waals surface area contributed by atoms with Crippen molar-refractivity contribution in [2.75, 3.05) is 30.9 Å². The molecule has 2 N–H and O–H groups in total. The highest BCUT2D eigenvalue weighted by Crippen LogP contribution is 2.23. The molecule has 0 aliphatic heterocycles. The number of carbonyl (C=O) groups excluding carboxylic acids is 1. The first kappa shape index (κ1) is 17.4. The highest BCUT2D eigenvalue weighted by molar-refractivity contribution is 9.10. The van der Waals surface area contributed by atoms with Crippen LogP contribution in [-0.4, -0.2) is 36.1 Å². The van der Waals surface area contributed by atoms with E-state index in [9.17, 15) is 4.79 Å². The molecule has 1 aromatic carbocycles. The Morgan fingerprint density at radius 1 is 1.30 bits per heavy atom. The number of benzene rings is 1. The number of carbonyl (C=O) groups is 1. The maximum atomic E-state index is 12.2. The van der Waals surface area contributed by atoms with Crippen LogP contribution in [0.15, 0.2) is 35.1 Å². The number of rotatable bonds is 7. The molecule has 0 spiro atoms. The van der Waals surface area contributed by atoms with E-state index in [0.29, 0.717) is 23.8 Å². The number of nitrogens with zero attached hydrogens (tertiary/aromatic N) is 2. The molecule has 1 amide bonds. The molecule has 0 bridgehead atoms. The van der Waals surface area contributed by atoms with Crippen molar-refractivity contribution in [3.8, 4) is 0 Å². The van der Waals surface area contributed by atoms with Gasteiger partial charge >= 0.3 is 0 Å². The Hall–Kier alpha value is -1.99. The molecule has 0 aliphatic carbocycles. The van der Waals surface area contributed by atoms with Gasteiger partial charge in [0.25, 0.3) is 5.91 Å². The average Bonchev–Trinajstić information content (AvgIpc) is 2.55. The van der Waals surface area contributed by atoms with Gasteiger partial charge in [0, 0.05) is 37.1 Å². The lowest BCUT2D eigenvalue weighted by atomic mass is 10.2. The number of nitrogens with one attached hydrogen (secondary N) is 2. The van der Waals surface area contributed by atoms with Gasteiger partial charge in [-0.25, -0.2) is 9.97 Å². The molecule has 0 saturated carbocycles. The minimum absolute atomic E-state index is 0.250. The Labute approximate surface area is 143 Å². The third-order valence-corrected chi connectivity index (χ3v) is 3.75. The predicted octanol–water partition coefficient (Wildman–Crippen LogP) is 3.25. The van der Waals surface area contributed by atoms with Crippen molar-refractivity contribution in [2.45, 2.75) is 13.3 Å². The third-order valence-electron chi connectivity index (χ3n) is 3.10. The number of amides is 1. The smallest absolute Gasteiger partial charge is 0.258 e. The van der Waals surface area contributed by atoms with Crippen LogP contribution in [0.5, 0.6) is 0 Å². The molecule has 0 atom stereocenters. The van der Waals surface area contributed by atoms with Crippen LogP contribution in [0, 0.1) is 6.92 Å². The summed E-state index contributed by atoms with van der Waals surface area (Å²) in [7, 11) is 1.66. The molecule has 2 rings (SSSR count). The van der Waals surface area contributed by atoms with E-state index in [0.717, 1.165) is 23.0 Å². The number of methoxy groups -OCH3 is 1. The van der Waals surface area contributed by atoms with Crippen molar-refractivity contribution >= 4 is 33.5 Å². The van der Waals surface area contributed by atoms with E-state index < -0.39 is 0 Å². The zero-order valence-electron chi connectivity index (χ0n) is 13.1. The number of aryl methyl sites for hydroxylation is 1. The third kappa shape index (κ3) is 5.30. The predicted molar refractivity (Wildman–Crippen MR) is 93.8 cm³/mol. The molecule has 0 unspecified atom stereocenters. The normalized spacial score (nSPS) is 10.4. The molecule has 0 aliphatic rings. The molecule has 23 heavy (non-hydrogen) atoms. The summed E-state index contributed by atoms with van der Waals surface area (Å²) in [6, 6.07) is 5.73. The van der Waals surface area contributed by atoms with E-state index in [-0.39, 0.29) is 5.91 Å². The quantitative estimate of drug-likeness (QED) is 0.723. The first-order valence-electron chi connectivity index (χ1n) is 7.22. The first-order valence-corrected chi connectivity index (χ1v) is 8.02. The first-order chi connectivity index (χ1) is 11.1. The summed E-state index contributed by atoms with van der Waals surface area (Å²) >= 11 is 3.43. The average molecular weight is 379 g/mol. The summed E-state index contributed by atoms with van der Waals surface area (Å²) < 4.78 is 5.80. The topological polar surface area (TPSA) is 76.1 Å². The Morgan fingerprint density at radius 2 is 2.04 bits per heavy atom. The molecule has 1 aromatic heterocycles.